The molecule has 0 atom stereocenters. The molecule has 0 bridgehead atoms. The summed E-state index contributed by atoms with van der Waals surface area (Å²) in [7, 11) is 1.73. The molecule has 3 heteroatoms. The van der Waals surface area contributed by atoms with Crippen LogP contribution in [0.4, 0.5) is 0 Å². The van der Waals surface area contributed by atoms with E-state index in [2.05, 4.69) is 13.8 Å². The fraction of sp³-hybridized carbons (Fsp3) is 0.417. The van der Waals surface area contributed by atoms with Gasteiger partial charge in [-0.05, 0) is 30.0 Å². The zero-order valence-electron chi connectivity index (χ0n) is 9.28. The summed E-state index contributed by atoms with van der Waals surface area (Å²) in [4.78, 5) is 11.3. The third-order valence-corrected chi connectivity index (χ3v) is 2.50. The Bertz CT molecular complexity index is 534. The van der Waals surface area contributed by atoms with E-state index in [-0.39, 0.29) is 5.76 Å². The van der Waals surface area contributed by atoms with Gasteiger partial charge in [0.25, 0.3) is 0 Å². The SMILES string of the molecule is CC(C)Cc1ccc2oc(=O)n(C)c2c1. The van der Waals surface area contributed by atoms with Gasteiger partial charge >= 0.3 is 5.76 Å². The van der Waals surface area contributed by atoms with E-state index in [9.17, 15) is 4.79 Å². The number of hydrogen-bond donors (Lipinski definition) is 0. The number of aryl methyl sites for hydroxylation is 1. The van der Waals surface area contributed by atoms with E-state index in [1.54, 1.807) is 11.6 Å². The molecule has 80 valence electrons. The lowest BCUT2D eigenvalue weighted by atomic mass is 10.0. The minimum Gasteiger partial charge on any atom is -0.408 e. The topological polar surface area (TPSA) is 35.1 Å². The molecule has 0 amide bonds. The normalized spacial score (nSPS) is 11.5. The molecule has 0 saturated heterocycles. The van der Waals surface area contributed by atoms with E-state index in [0.29, 0.717) is 11.5 Å². The number of rotatable bonds is 2. The summed E-state index contributed by atoms with van der Waals surface area (Å²) < 4.78 is 6.61. The van der Waals surface area contributed by atoms with Crippen LogP contribution < -0.4 is 5.76 Å². The van der Waals surface area contributed by atoms with E-state index in [1.807, 2.05) is 18.2 Å². The molecule has 1 aromatic carbocycles. The molecular formula is C12H15NO2. The molecule has 0 unspecified atom stereocenters. The summed E-state index contributed by atoms with van der Waals surface area (Å²) >= 11 is 0. The van der Waals surface area contributed by atoms with Gasteiger partial charge in [0.1, 0.15) is 0 Å². The molecule has 0 aliphatic heterocycles. The van der Waals surface area contributed by atoms with Crippen LogP contribution in [0.1, 0.15) is 19.4 Å². The second-order valence-electron chi connectivity index (χ2n) is 4.33. The van der Waals surface area contributed by atoms with Crippen molar-refractivity contribution in [3.63, 3.8) is 0 Å². The molecule has 0 spiro atoms. The van der Waals surface area contributed by atoms with Gasteiger partial charge in [-0.25, -0.2) is 4.79 Å². The lowest BCUT2D eigenvalue weighted by Gasteiger charge is -2.04. The first kappa shape index (κ1) is 10.0. The fourth-order valence-electron chi connectivity index (χ4n) is 1.77. The van der Waals surface area contributed by atoms with Gasteiger partial charge in [0, 0.05) is 7.05 Å². The van der Waals surface area contributed by atoms with Gasteiger partial charge in [-0.1, -0.05) is 19.9 Å². The highest BCUT2D eigenvalue weighted by Crippen LogP contribution is 2.16. The van der Waals surface area contributed by atoms with Crippen LogP contribution in [0.25, 0.3) is 11.1 Å². The first-order valence-corrected chi connectivity index (χ1v) is 5.16. The molecule has 1 heterocycles. The molecule has 0 aliphatic rings. The van der Waals surface area contributed by atoms with Gasteiger partial charge in [0.15, 0.2) is 5.58 Å². The highest BCUT2D eigenvalue weighted by Gasteiger charge is 2.06. The molecular weight excluding hydrogens is 190 g/mol. The van der Waals surface area contributed by atoms with Crippen molar-refractivity contribution in [1.82, 2.24) is 4.57 Å². The third-order valence-electron chi connectivity index (χ3n) is 2.50. The second-order valence-corrected chi connectivity index (χ2v) is 4.33. The van der Waals surface area contributed by atoms with Gasteiger partial charge in [-0.3, -0.25) is 4.57 Å². The maximum atomic E-state index is 11.3. The van der Waals surface area contributed by atoms with Crippen LogP contribution in [0.3, 0.4) is 0 Å². The quantitative estimate of drug-likeness (QED) is 0.754. The summed E-state index contributed by atoms with van der Waals surface area (Å²) in [6.45, 7) is 4.36. The van der Waals surface area contributed by atoms with Crippen LogP contribution in [-0.4, -0.2) is 4.57 Å². The summed E-state index contributed by atoms with van der Waals surface area (Å²) in [5.41, 5.74) is 2.78. The molecule has 1 aromatic heterocycles. The zero-order valence-corrected chi connectivity index (χ0v) is 9.28. The first-order valence-electron chi connectivity index (χ1n) is 5.16. The molecule has 2 rings (SSSR count). The van der Waals surface area contributed by atoms with Crippen molar-refractivity contribution in [2.45, 2.75) is 20.3 Å². The van der Waals surface area contributed by atoms with Crippen molar-refractivity contribution >= 4 is 11.1 Å². The molecule has 15 heavy (non-hydrogen) atoms. The fourth-order valence-corrected chi connectivity index (χ4v) is 1.77. The zero-order chi connectivity index (χ0) is 11.0. The van der Waals surface area contributed by atoms with Crippen molar-refractivity contribution in [1.29, 1.82) is 0 Å². The molecule has 0 N–H and O–H groups in total. The number of nitrogens with zero attached hydrogens (tertiary/aromatic N) is 1. The van der Waals surface area contributed by atoms with Crippen molar-refractivity contribution in [3.8, 4) is 0 Å². The molecule has 0 fully saturated rings. The number of hydrogen-bond acceptors (Lipinski definition) is 2. The lowest BCUT2D eigenvalue weighted by molar-refractivity contribution is 0.528. The summed E-state index contributed by atoms with van der Waals surface area (Å²) in [5.74, 6) is 0.318. The average Bonchev–Trinajstić information content (AvgIpc) is 2.43. The Labute approximate surface area is 88.3 Å². The van der Waals surface area contributed by atoms with Crippen LogP contribution in [-0.2, 0) is 13.5 Å². The molecule has 0 radical (unpaired) electrons. The van der Waals surface area contributed by atoms with Crippen LogP contribution in [0.5, 0.6) is 0 Å². The Morgan fingerprint density at radius 2 is 2.13 bits per heavy atom. The Hall–Kier alpha value is -1.51. The summed E-state index contributed by atoms with van der Waals surface area (Å²) in [6, 6.07) is 5.92. The van der Waals surface area contributed by atoms with E-state index in [0.717, 1.165) is 11.9 Å². The Morgan fingerprint density at radius 1 is 1.40 bits per heavy atom. The van der Waals surface area contributed by atoms with Gasteiger partial charge in [0.05, 0.1) is 5.52 Å². The number of aromatic nitrogens is 1. The smallest absolute Gasteiger partial charge is 0.408 e. The predicted molar refractivity (Wildman–Crippen MR) is 60.0 cm³/mol. The van der Waals surface area contributed by atoms with Crippen molar-refractivity contribution in [3.05, 3.63) is 34.3 Å². The van der Waals surface area contributed by atoms with Gasteiger partial charge in [-0.2, -0.15) is 0 Å². The highest BCUT2D eigenvalue weighted by molar-refractivity contribution is 5.73. The second kappa shape index (κ2) is 3.57. The Morgan fingerprint density at radius 3 is 2.80 bits per heavy atom. The highest BCUT2D eigenvalue weighted by atomic mass is 16.4. The maximum absolute atomic E-state index is 11.3. The number of fused-ring (bicyclic) bond motifs is 1. The standard InChI is InChI=1S/C12H15NO2/c1-8(2)6-9-4-5-11-10(7-9)13(3)12(14)15-11/h4-5,7-8H,6H2,1-3H3. The largest absolute Gasteiger partial charge is 0.419 e. The van der Waals surface area contributed by atoms with Crippen LogP contribution in [0.2, 0.25) is 0 Å². The van der Waals surface area contributed by atoms with E-state index >= 15 is 0 Å². The summed E-state index contributed by atoms with van der Waals surface area (Å²) in [5, 5.41) is 0. The van der Waals surface area contributed by atoms with Crippen LogP contribution >= 0.6 is 0 Å². The summed E-state index contributed by atoms with van der Waals surface area (Å²) in [6.07, 6.45) is 1.02. The van der Waals surface area contributed by atoms with Crippen molar-refractivity contribution in [2.24, 2.45) is 13.0 Å². The van der Waals surface area contributed by atoms with Gasteiger partial charge < -0.3 is 4.42 Å². The molecule has 3 nitrogen and oxygen atoms in total. The van der Waals surface area contributed by atoms with E-state index in [1.165, 1.54) is 5.56 Å². The van der Waals surface area contributed by atoms with Crippen molar-refractivity contribution in [2.75, 3.05) is 0 Å². The molecule has 0 aliphatic carbocycles. The van der Waals surface area contributed by atoms with E-state index < -0.39 is 0 Å². The minimum absolute atomic E-state index is 0.299. The number of benzene rings is 1. The van der Waals surface area contributed by atoms with Crippen LogP contribution in [0, 0.1) is 5.92 Å². The Kier molecular flexibility index (Phi) is 2.39. The number of oxazole rings is 1. The van der Waals surface area contributed by atoms with E-state index in [4.69, 9.17) is 4.42 Å². The van der Waals surface area contributed by atoms with Crippen molar-refractivity contribution < 1.29 is 4.42 Å². The average molecular weight is 205 g/mol. The first-order chi connectivity index (χ1) is 7.08. The van der Waals surface area contributed by atoms with Gasteiger partial charge in [-0.15, -0.1) is 0 Å². The predicted octanol–water partition coefficient (Wildman–Crippen LogP) is 2.33. The molecule has 0 saturated carbocycles. The monoisotopic (exact) mass is 205 g/mol. The van der Waals surface area contributed by atoms with Gasteiger partial charge in [0.2, 0.25) is 0 Å². The molecule has 2 aromatic rings. The van der Waals surface area contributed by atoms with Crippen LogP contribution in [0.15, 0.2) is 27.4 Å². The lowest BCUT2D eigenvalue weighted by Crippen LogP contribution is -2.08. The Balaban J connectivity index is 2.54. The maximum Gasteiger partial charge on any atom is 0.419 e. The third kappa shape index (κ3) is 1.82. The minimum atomic E-state index is -0.299.